The zero-order valence-electron chi connectivity index (χ0n) is 15.6. The van der Waals surface area contributed by atoms with Crippen LogP contribution in [-0.4, -0.2) is 24.1 Å². The zero-order chi connectivity index (χ0) is 18.6. The Morgan fingerprint density at radius 2 is 1.41 bits per heavy atom. The summed E-state index contributed by atoms with van der Waals surface area (Å²) in [7, 11) is 1.68. The standard InChI is InChI=1S/C24H22NO2/c1-18-23(19-13-15-22(26-2)16-14-19)24(20-9-5-3-6-10-20)27-17-25(18)21-11-7-4-8-12-21/h3-16H,17H2,1-2H3/q+1. The van der Waals surface area contributed by atoms with Crippen LogP contribution in [-0.2, 0) is 4.74 Å². The minimum absolute atomic E-state index is 0.486. The van der Waals surface area contributed by atoms with Gasteiger partial charge in [0, 0.05) is 24.6 Å². The molecule has 0 bridgehead atoms. The van der Waals surface area contributed by atoms with Crippen LogP contribution in [0.15, 0.2) is 84.9 Å². The number of hydrogen-bond acceptors (Lipinski definition) is 2. The number of rotatable bonds is 4. The van der Waals surface area contributed by atoms with E-state index in [0.29, 0.717) is 6.73 Å². The third-order valence-electron chi connectivity index (χ3n) is 4.81. The van der Waals surface area contributed by atoms with Gasteiger partial charge in [0.15, 0.2) is 5.71 Å². The summed E-state index contributed by atoms with van der Waals surface area (Å²) in [6.45, 7) is 2.64. The minimum Gasteiger partial charge on any atom is -0.497 e. The molecule has 1 heterocycles. The maximum Gasteiger partial charge on any atom is 0.292 e. The average Bonchev–Trinajstić information content (AvgIpc) is 2.75. The van der Waals surface area contributed by atoms with E-state index in [1.165, 1.54) is 0 Å². The van der Waals surface area contributed by atoms with Gasteiger partial charge in [0.05, 0.1) is 12.7 Å². The fraction of sp³-hybridized carbons (Fsp3) is 0.125. The van der Waals surface area contributed by atoms with Crippen molar-refractivity contribution in [3.8, 4) is 5.75 Å². The Labute approximate surface area is 159 Å². The zero-order valence-corrected chi connectivity index (χ0v) is 15.6. The summed E-state index contributed by atoms with van der Waals surface area (Å²) in [4.78, 5) is 0. The van der Waals surface area contributed by atoms with Gasteiger partial charge in [-0.2, -0.15) is 4.58 Å². The van der Waals surface area contributed by atoms with E-state index in [1.807, 2.05) is 48.5 Å². The van der Waals surface area contributed by atoms with Gasteiger partial charge in [-0.05, 0) is 17.7 Å². The molecule has 0 saturated carbocycles. The van der Waals surface area contributed by atoms with Crippen molar-refractivity contribution in [3.63, 3.8) is 0 Å². The van der Waals surface area contributed by atoms with Crippen molar-refractivity contribution in [2.75, 3.05) is 13.8 Å². The molecule has 3 aromatic carbocycles. The molecule has 0 radical (unpaired) electrons. The molecule has 3 aromatic rings. The second-order valence-corrected chi connectivity index (χ2v) is 6.42. The Balaban J connectivity index is 1.91. The van der Waals surface area contributed by atoms with Crippen molar-refractivity contribution in [2.45, 2.75) is 6.92 Å². The van der Waals surface area contributed by atoms with Crippen LogP contribution in [0.3, 0.4) is 0 Å². The van der Waals surface area contributed by atoms with Crippen molar-refractivity contribution in [2.24, 2.45) is 0 Å². The quantitative estimate of drug-likeness (QED) is 0.587. The number of ether oxygens (including phenoxy) is 2. The highest BCUT2D eigenvalue weighted by atomic mass is 16.5. The first-order valence-corrected chi connectivity index (χ1v) is 9.01. The van der Waals surface area contributed by atoms with Crippen molar-refractivity contribution in [1.82, 2.24) is 0 Å². The maximum atomic E-state index is 6.28. The molecule has 0 aromatic heterocycles. The van der Waals surface area contributed by atoms with E-state index < -0.39 is 0 Å². The lowest BCUT2D eigenvalue weighted by Gasteiger charge is -2.21. The van der Waals surface area contributed by atoms with Crippen molar-refractivity contribution in [1.29, 1.82) is 0 Å². The predicted molar refractivity (Wildman–Crippen MR) is 109 cm³/mol. The van der Waals surface area contributed by atoms with Gasteiger partial charge < -0.3 is 9.47 Å². The first kappa shape index (κ1) is 17.1. The molecule has 27 heavy (non-hydrogen) atoms. The third-order valence-corrected chi connectivity index (χ3v) is 4.81. The maximum absolute atomic E-state index is 6.28. The van der Waals surface area contributed by atoms with Gasteiger partial charge in [0.1, 0.15) is 11.5 Å². The molecule has 3 heteroatoms. The summed E-state index contributed by atoms with van der Waals surface area (Å²) >= 11 is 0. The molecule has 3 nitrogen and oxygen atoms in total. The first-order valence-electron chi connectivity index (χ1n) is 9.01. The van der Waals surface area contributed by atoms with Crippen LogP contribution < -0.4 is 4.74 Å². The molecular weight excluding hydrogens is 334 g/mol. The fourth-order valence-corrected chi connectivity index (χ4v) is 3.39. The summed E-state index contributed by atoms with van der Waals surface area (Å²) in [5.74, 6) is 1.75. The van der Waals surface area contributed by atoms with E-state index >= 15 is 0 Å². The molecule has 0 N–H and O–H groups in total. The number of para-hydroxylation sites is 1. The lowest BCUT2D eigenvalue weighted by atomic mass is 9.96. The molecule has 1 aliphatic heterocycles. The van der Waals surface area contributed by atoms with Gasteiger partial charge in [-0.3, -0.25) is 0 Å². The number of nitrogens with zero attached hydrogens (tertiary/aromatic N) is 1. The van der Waals surface area contributed by atoms with Crippen molar-refractivity contribution >= 4 is 22.7 Å². The molecule has 1 aliphatic rings. The van der Waals surface area contributed by atoms with Crippen molar-refractivity contribution in [3.05, 3.63) is 96.1 Å². The summed E-state index contributed by atoms with van der Waals surface area (Å²) in [6.07, 6.45) is 0. The topological polar surface area (TPSA) is 21.5 Å². The Hall–Kier alpha value is -3.33. The highest BCUT2D eigenvalue weighted by Gasteiger charge is 2.29. The largest absolute Gasteiger partial charge is 0.497 e. The Bertz CT molecular complexity index is 988. The van der Waals surface area contributed by atoms with E-state index in [0.717, 1.165) is 39.6 Å². The van der Waals surface area contributed by atoms with E-state index in [1.54, 1.807) is 7.11 Å². The van der Waals surface area contributed by atoms with Gasteiger partial charge >= 0.3 is 0 Å². The molecule has 0 amide bonds. The van der Waals surface area contributed by atoms with Crippen LogP contribution in [0, 0.1) is 0 Å². The van der Waals surface area contributed by atoms with E-state index in [2.05, 4.69) is 47.9 Å². The summed E-state index contributed by atoms with van der Waals surface area (Å²) in [5.41, 5.74) is 5.56. The van der Waals surface area contributed by atoms with E-state index in [4.69, 9.17) is 9.47 Å². The molecule has 0 aliphatic carbocycles. The van der Waals surface area contributed by atoms with E-state index in [-0.39, 0.29) is 0 Å². The van der Waals surface area contributed by atoms with Crippen molar-refractivity contribution < 1.29 is 14.0 Å². The third kappa shape index (κ3) is 3.36. The van der Waals surface area contributed by atoms with Gasteiger partial charge in [-0.1, -0.05) is 60.7 Å². The fourth-order valence-electron chi connectivity index (χ4n) is 3.39. The lowest BCUT2D eigenvalue weighted by Crippen LogP contribution is -2.25. The number of methoxy groups -OCH3 is 1. The molecular formula is C24H22NO2+. The highest BCUT2D eigenvalue weighted by Crippen LogP contribution is 2.33. The van der Waals surface area contributed by atoms with Crippen LogP contribution in [0.4, 0.5) is 5.69 Å². The number of hydrogen-bond donors (Lipinski definition) is 0. The Kier molecular flexibility index (Phi) is 4.75. The summed E-state index contributed by atoms with van der Waals surface area (Å²) < 4.78 is 13.8. The van der Waals surface area contributed by atoms with Gasteiger partial charge in [-0.25, -0.2) is 0 Å². The van der Waals surface area contributed by atoms with Gasteiger partial charge in [0.25, 0.3) is 6.73 Å². The highest BCUT2D eigenvalue weighted by molar-refractivity contribution is 6.27. The minimum atomic E-state index is 0.486. The summed E-state index contributed by atoms with van der Waals surface area (Å²) in [6, 6.07) is 28.7. The Morgan fingerprint density at radius 3 is 2.04 bits per heavy atom. The molecule has 0 unspecified atom stereocenters. The smallest absolute Gasteiger partial charge is 0.292 e. The second-order valence-electron chi connectivity index (χ2n) is 6.42. The number of benzene rings is 3. The van der Waals surface area contributed by atoms with Crippen LogP contribution in [0.1, 0.15) is 18.1 Å². The van der Waals surface area contributed by atoms with Gasteiger partial charge in [-0.15, -0.1) is 0 Å². The first-order chi connectivity index (χ1) is 13.3. The lowest BCUT2D eigenvalue weighted by molar-refractivity contribution is -0.484. The SMILES string of the molecule is COc1ccc(C2=C(c3ccccc3)OC[N+](c3ccccc3)=C2C)cc1. The van der Waals surface area contributed by atoms with Crippen LogP contribution in [0.5, 0.6) is 5.75 Å². The van der Waals surface area contributed by atoms with Gasteiger partial charge in [0.2, 0.25) is 5.69 Å². The van der Waals surface area contributed by atoms with Crippen LogP contribution in [0.25, 0.3) is 11.3 Å². The molecule has 4 rings (SSSR count). The average molecular weight is 356 g/mol. The summed E-state index contributed by atoms with van der Waals surface area (Å²) in [5, 5.41) is 0. The molecule has 134 valence electrons. The monoisotopic (exact) mass is 356 g/mol. The number of allylic oxidation sites excluding steroid dienone is 1. The molecule has 0 fully saturated rings. The normalized spacial score (nSPS) is 14.1. The predicted octanol–water partition coefficient (Wildman–Crippen LogP) is 5.36. The Morgan fingerprint density at radius 1 is 0.778 bits per heavy atom. The molecule has 0 saturated heterocycles. The molecule has 0 spiro atoms. The second kappa shape index (κ2) is 7.50. The van der Waals surface area contributed by atoms with E-state index in [9.17, 15) is 0 Å². The van der Waals surface area contributed by atoms with Crippen LogP contribution in [0.2, 0.25) is 0 Å². The molecule has 0 atom stereocenters. The van der Waals surface area contributed by atoms with Crippen LogP contribution >= 0.6 is 0 Å².